The molecule has 0 aromatic heterocycles. The average molecular weight is 827 g/mol. The maximum atomic E-state index is 14.4. The number of rotatable bonds is 19. The van der Waals surface area contributed by atoms with Crippen molar-refractivity contribution in [2.75, 3.05) is 32.8 Å². The summed E-state index contributed by atoms with van der Waals surface area (Å²) in [5.74, 6) is -3.74. The first-order valence-corrected chi connectivity index (χ1v) is 20.3. The number of amides is 7. The number of aldehydes is 1. The van der Waals surface area contributed by atoms with Gasteiger partial charge in [-0.25, -0.2) is 0 Å². The fourth-order valence-electron chi connectivity index (χ4n) is 7.74. The molecule has 8 atom stereocenters. The molecule has 0 bridgehead atoms. The summed E-state index contributed by atoms with van der Waals surface area (Å²) >= 11 is 0. The molecule has 20 nitrogen and oxygen atoms in total. The van der Waals surface area contributed by atoms with E-state index in [1.165, 1.54) is 28.5 Å². The van der Waals surface area contributed by atoms with Crippen LogP contribution in [-0.2, 0) is 44.8 Å². The van der Waals surface area contributed by atoms with Crippen molar-refractivity contribution >= 4 is 53.6 Å². The SMILES string of the molecule is C[C@H](N)C(=O)N[C@@H](C)C(=O)N1CCC[C@H]1C(=O)N[C@@H](CCC[NH+]=C(N)N)C(=O)N1CCC[C@H]1C(=O)N1CCC[C@H]1C(=O)N[C@@H](Cc1ccccc1)C(=O)N[C@H](C=O)CO. The maximum Gasteiger partial charge on any atom is 0.338 e. The van der Waals surface area contributed by atoms with Crippen LogP contribution in [0.1, 0.15) is 70.8 Å². The summed E-state index contributed by atoms with van der Waals surface area (Å²) in [7, 11) is 0. The number of likely N-dealkylation sites (tertiary alicyclic amines) is 3. The number of aliphatic hydroxyl groups excluding tert-OH is 1. The zero-order valence-electron chi connectivity index (χ0n) is 33.8. The first-order valence-electron chi connectivity index (χ1n) is 20.3. The number of nitrogens with zero attached hydrogens (tertiary/aromatic N) is 3. The highest BCUT2D eigenvalue weighted by Gasteiger charge is 2.45. The van der Waals surface area contributed by atoms with Gasteiger partial charge in [0.25, 0.3) is 0 Å². The average Bonchev–Trinajstić information content (AvgIpc) is 4.02. The highest BCUT2D eigenvalue weighted by atomic mass is 16.3. The Morgan fingerprint density at radius 3 is 1.92 bits per heavy atom. The highest BCUT2D eigenvalue weighted by molar-refractivity contribution is 5.98. The number of aliphatic hydroxyl groups is 1. The molecule has 1 aromatic rings. The number of hydrogen-bond donors (Lipinski definition) is 9. The Morgan fingerprint density at radius 2 is 1.34 bits per heavy atom. The predicted octanol–water partition coefficient (Wildman–Crippen LogP) is -5.17. The van der Waals surface area contributed by atoms with Crippen LogP contribution in [0.2, 0.25) is 0 Å². The van der Waals surface area contributed by atoms with Gasteiger partial charge in [0.05, 0.1) is 19.2 Å². The molecule has 7 amide bonds. The molecule has 0 spiro atoms. The van der Waals surface area contributed by atoms with Crippen LogP contribution in [0.15, 0.2) is 30.3 Å². The smallest absolute Gasteiger partial charge is 0.338 e. The first-order chi connectivity index (χ1) is 28.2. The van der Waals surface area contributed by atoms with Gasteiger partial charge in [0, 0.05) is 26.1 Å². The summed E-state index contributed by atoms with van der Waals surface area (Å²) in [6.07, 6.45) is 3.45. The van der Waals surface area contributed by atoms with Crippen LogP contribution in [0.5, 0.6) is 0 Å². The van der Waals surface area contributed by atoms with Crippen molar-refractivity contribution < 1.29 is 48.5 Å². The van der Waals surface area contributed by atoms with Crippen molar-refractivity contribution in [1.82, 2.24) is 36.0 Å². The molecule has 3 fully saturated rings. The third-order valence-corrected chi connectivity index (χ3v) is 10.9. The van der Waals surface area contributed by atoms with Gasteiger partial charge < -0.3 is 51.6 Å². The summed E-state index contributed by atoms with van der Waals surface area (Å²) in [6, 6.07) is 0.972. The number of hydrogen-bond acceptors (Lipinski definition) is 10. The van der Waals surface area contributed by atoms with E-state index in [0.717, 1.165) is 5.56 Å². The normalized spacial score (nSPS) is 21.4. The van der Waals surface area contributed by atoms with Crippen LogP contribution in [0, 0.1) is 0 Å². The van der Waals surface area contributed by atoms with Gasteiger partial charge in [-0.15, -0.1) is 0 Å². The first kappa shape index (κ1) is 46.1. The van der Waals surface area contributed by atoms with Crippen LogP contribution in [-0.4, -0.2) is 155 Å². The molecule has 0 saturated carbocycles. The van der Waals surface area contributed by atoms with Crippen LogP contribution < -0.4 is 43.5 Å². The molecule has 12 N–H and O–H groups in total. The number of nitrogens with two attached hydrogens (primary N) is 3. The number of carbonyl (C=O) groups excluding carboxylic acids is 8. The van der Waals surface area contributed by atoms with Crippen LogP contribution in [0.4, 0.5) is 0 Å². The lowest BCUT2D eigenvalue weighted by Gasteiger charge is -2.34. The maximum absolute atomic E-state index is 14.4. The van der Waals surface area contributed by atoms with E-state index in [0.29, 0.717) is 57.8 Å². The Kier molecular flexibility index (Phi) is 17.1. The molecular formula is C39H60N11O9+. The van der Waals surface area contributed by atoms with E-state index in [4.69, 9.17) is 17.2 Å². The monoisotopic (exact) mass is 826 g/mol. The molecule has 20 heteroatoms. The summed E-state index contributed by atoms with van der Waals surface area (Å²) < 4.78 is 0. The van der Waals surface area contributed by atoms with E-state index in [-0.39, 0.29) is 38.4 Å². The topological polar surface area (TPSA) is 307 Å². The zero-order valence-corrected chi connectivity index (χ0v) is 33.8. The van der Waals surface area contributed by atoms with Gasteiger partial charge in [0.15, 0.2) is 0 Å². The fraction of sp³-hybridized carbons (Fsp3) is 0.615. The lowest BCUT2D eigenvalue weighted by Crippen LogP contribution is -2.78. The number of guanidine groups is 1. The van der Waals surface area contributed by atoms with Crippen molar-refractivity contribution in [3.63, 3.8) is 0 Å². The minimum atomic E-state index is -1.17. The van der Waals surface area contributed by atoms with Crippen LogP contribution in [0.25, 0.3) is 0 Å². The molecule has 0 aliphatic carbocycles. The summed E-state index contributed by atoms with van der Waals surface area (Å²) in [5.41, 5.74) is 17.5. The molecule has 0 unspecified atom stereocenters. The highest BCUT2D eigenvalue weighted by Crippen LogP contribution is 2.27. The van der Waals surface area contributed by atoms with E-state index in [1.54, 1.807) is 30.3 Å². The minimum Gasteiger partial charge on any atom is -0.394 e. The summed E-state index contributed by atoms with van der Waals surface area (Å²) in [6.45, 7) is 3.40. The quantitative estimate of drug-likeness (QED) is 0.0274. The Hall–Kier alpha value is -5.63. The van der Waals surface area contributed by atoms with Gasteiger partial charge in [-0.3, -0.25) is 50.0 Å². The standard InChI is InChI=1S/C39H59N11O9/c1-23(40)32(53)44-24(2)36(57)48-17-7-13-29(48)34(55)46-27(12-6-16-43-39(41)42)37(58)50-19-9-15-31(50)38(59)49-18-8-14-30(49)35(56)47-28(20-25-10-4-3-5-11-25)33(54)45-26(21-51)22-52/h3-5,10-11,21,23-24,26-31,52H,6-9,12-20,22,40H2,1-2H3,(H,44,53)(H,45,54)(H,46,55)(H,47,56)(H4,41,42,43)/p+1/t23-,24-,26+,27-,28-,29-,30-,31-/m0/s1. The molecule has 1 aromatic carbocycles. The third kappa shape index (κ3) is 12.4. The van der Waals surface area contributed by atoms with Crippen molar-refractivity contribution in [3.8, 4) is 0 Å². The predicted molar refractivity (Wildman–Crippen MR) is 213 cm³/mol. The van der Waals surface area contributed by atoms with E-state index in [9.17, 15) is 43.5 Å². The van der Waals surface area contributed by atoms with Crippen molar-refractivity contribution in [2.45, 2.75) is 120 Å². The Balaban J connectivity index is 1.49. The lowest BCUT2D eigenvalue weighted by molar-refractivity contribution is -0.459. The van der Waals surface area contributed by atoms with Gasteiger partial charge >= 0.3 is 5.96 Å². The van der Waals surface area contributed by atoms with Gasteiger partial charge in [-0.2, -0.15) is 0 Å². The van der Waals surface area contributed by atoms with Gasteiger partial charge in [0.1, 0.15) is 48.6 Å². The fourth-order valence-corrected chi connectivity index (χ4v) is 7.74. The molecule has 4 rings (SSSR count). The second-order valence-corrected chi connectivity index (χ2v) is 15.4. The third-order valence-electron chi connectivity index (χ3n) is 10.9. The molecule has 324 valence electrons. The molecule has 3 aliphatic rings. The molecule has 0 radical (unpaired) electrons. The van der Waals surface area contributed by atoms with Crippen molar-refractivity contribution in [2.24, 2.45) is 17.2 Å². The second-order valence-electron chi connectivity index (χ2n) is 15.4. The van der Waals surface area contributed by atoms with E-state index < -0.39 is 96.3 Å². The molecule has 59 heavy (non-hydrogen) atoms. The molecule has 3 saturated heterocycles. The minimum absolute atomic E-state index is 0.0148. The molecule has 3 aliphatic heterocycles. The van der Waals surface area contributed by atoms with Gasteiger partial charge in [-0.1, -0.05) is 30.3 Å². The summed E-state index contributed by atoms with van der Waals surface area (Å²) in [4.78, 5) is 114. The lowest BCUT2D eigenvalue weighted by atomic mass is 10.0. The molecule has 3 heterocycles. The van der Waals surface area contributed by atoms with Crippen molar-refractivity contribution in [3.05, 3.63) is 35.9 Å². The van der Waals surface area contributed by atoms with Gasteiger partial charge in [-0.05, 0) is 70.8 Å². The van der Waals surface area contributed by atoms with E-state index in [1.807, 2.05) is 0 Å². The Morgan fingerprint density at radius 1 is 0.780 bits per heavy atom. The van der Waals surface area contributed by atoms with E-state index >= 15 is 0 Å². The zero-order chi connectivity index (χ0) is 43.2. The van der Waals surface area contributed by atoms with E-state index in [2.05, 4.69) is 26.3 Å². The van der Waals surface area contributed by atoms with Crippen LogP contribution >= 0.6 is 0 Å². The van der Waals surface area contributed by atoms with Crippen LogP contribution in [0.3, 0.4) is 0 Å². The molecular weight excluding hydrogens is 766 g/mol. The largest absolute Gasteiger partial charge is 0.394 e. The second kappa shape index (κ2) is 21.9. The van der Waals surface area contributed by atoms with Crippen molar-refractivity contribution in [1.29, 1.82) is 0 Å². The number of nitrogens with one attached hydrogen (secondary N) is 5. The summed E-state index contributed by atoms with van der Waals surface area (Å²) in [5, 5.41) is 20.1. The Labute approximate surface area is 343 Å². The van der Waals surface area contributed by atoms with Gasteiger partial charge in [0.2, 0.25) is 41.4 Å². The Bertz CT molecular complexity index is 1710. The number of benzene rings is 1. The number of carbonyl (C=O) groups is 8.